The van der Waals surface area contributed by atoms with Crippen molar-refractivity contribution in [2.24, 2.45) is 16.3 Å². The predicted molar refractivity (Wildman–Crippen MR) is 134 cm³/mol. The second-order valence-electron chi connectivity index (χ2n) is 9.42. The third-order valence-corrected chi connectivity index (χ3v) is 6.16. The fourth-order valence-corrected chi connectivity index (χ4v) is 4.45. The molecule has 0 amide bonds. The van der Waals surface area contributed by atoms with Crippen molar-refractivity contribution in [3.63, 3.8) is 0 Å². The Balaban J connectivity index is 0.00000420. The second kappa shape index (κ2) is 14.0. The fourth-order valence-electron chi connectivity index (χ4n) is 4.45. The number of unbranched alkanes of at least 4 members (excludes halogenated alkanes) is 1. The molecule has 2 fully saturated rings. The number of halogens is 1. The number of aliphatic imine (C=N–C) groups is 1. The van der Waals surface area contributed by atoms with Crippen molar-refractivity contribution >= 4 is 29.9 Å². The lowest BCUT2D eigenvalue weighted by Crippen LogP contribution is -2.47. The zero-order valence-corrected chi connectivity index (χ0v) is 21.8. The highest BCUT2D eigenvalue weighted by Crippen LogP contribution is 2.33. The van der Waals surface area contributed by atoms with Gasteiger partial charge in [-0.15, -0.1) is 24.0 Å². The quantitative estimate of drug-likeness (QED) is 0.222. The maximum absolute atomic E-state index is 6.10. The molecule has 0 spiro atoms. The average molecular weight is 524 g/mol. The summed E-state index contributed by atoms with van der Waals surface area (Å²) < 4.78 is 6.10. The summed E-state index contributed by atoms with van der Waals surface area (Å²) in [6, 6.07) is 0. The van der Waals surface area contributed by atoms with Crippen LogP contribution >= 0.6 is 24.0 Å². The first-order valence-electron chi connectivity index (χ1n) is 11.4. The van der Waals surface area contributed by atoms with Crippen LogP contribution in [0.3, 0.4) is 0 Å². The van der Waals surface area contributed by atoms with Crippen molar-refractivity contribution < 1.29 is 4.74 Å². The zero-order valence-electron chi connectivity index (χ0n) is 19.5. The van der Waals surface area contributed by atoms with Gasteiger partial charge < -0.3 is 25.2 Å². The van der Waals surface area contributed by atoms with Gasteiger partial charge in [0.05, 0.1) is 6.10 Å². The van der Waals surface area contributed by atoms with E-state index >= 15 is 0 Å². The molecule has 2 atom stereocenters. The maximum atomic E-state index is 6.10. The molecule has 2 saturated heterocycles. The van der Waals surface area contributed by atoms with Gasteiger partial charge in [-0.25, -0.2) is 0 Å². The zero-order chi connectivity index (χ0) is 20.4. The molecule has 7 heteroatoms. The first-order valence-corrected chi connectivity index (χ1v) is 11.4. The van der Waals surface area contributed by atoms with Gasteiger partial charge in [-0.2, -0.15) is 0 Å². The summed E-state index contributed by atoms with van der Waals surface area (Å²) in [7, 11) is 1.86. The molecule has 2 rings (SSSR count). The summed E-state index contributed by atoms with van der Waals surface area (Å²) in [6.07, 6.45) is 5.15. The molecule has 0 aromatic carbocycles. The van der Waals surface area contributed by atoms with Crippen molar-refractivity contribution in [2.45, 2.75) is 59.5 Å². The number of piperazine rings is 1. The molecule has 0 aromatic rings. The number of ether oxygens (including phenoxy) is 1. The Morgan fingerprint density at radius 1 is 1.07 bits per heavy atom. The molecule has 0 bridgehead atoms. The first-order chi connectivity index (χ1) is 13.4. The van der Waals surface area contributed by atoms with Gasteiger partial charge in [0.1, 0.15) is 0 Å². The number of hydrogen-bond donors (Lipinski definition) is 2. The van der Waals surface area contributed by atoms with Crippen LogP contribution in [0.4, 0.5) is 0 Å². The SMILES string of the molecule is CCN1CCN(CCCCNC(=NC)NCC2CCCOC2C(C)(C)C)CC1.I. The van der Waals surface area contributed by atoms with Crippen LogP contribution < -0.4 is 10.6 Å². The first kappa shape index (κ1) is 26.9. The van der Waals surface area contributed by atoms with Gasteiger partial charge in [0.25, 0.3) is 0 Å². The molecule has 2 aliphatic heterocycles. The molecule has 0 aliphatic carbocycles. The van der Waals surface area contributed by atoms with Crippen LogP contribution in [0.2, 0.25) is 0 Å². The Hall–Kier alpha value is -0.120. The molecule has 0 saturated carbocycles. The van der Waals surface area contributed by atoms with Crippen LogP contribution in [-0.2, 0) is 4.74 Å². The standard InChI is InChI=1S/C22H45N5O.HI/c1-6-26-13-15-27(16-14-26)12-8-7-11-24-21(23-5)25-18-19-10-9-17-28-20(19)22(2,3)4;/h19-20H,6-18H2,1-5H3,(H2,23,24,25);1H. The summed E-state index contributed by atoms with van der Waals surface area (Å²) >= 11 is 0. The third kappa shape index (κ3) is 9.70. The monoisotopic (exact) mass is 523 g/mol. The summed E-state index contributed by atoms with van der Waals surface area (Å²) in [4.78, 5) is 9.55. The topological polar surface area (TPSA) is 52.1 Å². The van der Waals surface area contributed by atoms with Gasteiger partial charge in [-0.3, -0.25) is 4.99 Å². The van der Waals surface area contributed by atoms with Gasteiger partial charge in [-0.05, 0) is 44.2 Å². The van der Waals surface area contributed by atoms with Crippen LogP contribution in [-0.4, -0.2) is 87.9 Å². The molecule has 6 nitrogen and oxygen atoms in total. The number of guanidine groups is 1. The van der Waals surface area contributed by atoms with Crippen molar-refractivity contribution in [1.29, 1.82) is 0 Å². The van der Waals surface area contributed by atoms with E-state index < -0.39 is 0 Å². The minimum Gasteiger partial charge on any atom is -0.377 e. The molecule has 0 radical (unpaired) electrons. The molecule has 29 heavy (non-hydrogen) atoms. The van der Waals surface area contributed by atoms with E-state index in [1.165, 1.54) is 58.5 Å². The molecular weight excluding hydrogens is 477 g/mol. The minimum absolute atomic E-state index is 0. The Kier molecular flexibility index (Phi) is 13.0. The summed E-state index contributed by atoms with van der Waals surface area (Å²) in [5, 5.41) is 7.02. The number of nitrogens with one attached hydrogen (secondary N) is 2. The summed E-state index contributed by atoms with van der Waals surface area (Å²) in [5.41, 5.74) is 0.187. The Morgan fingerprint density at radius 3 is 2.38 bits per heavy atom. The smallest absolute Gasteiger partial charge is 0.190 e. The van der Waals surface area contributed by atoms with E-state index in [2.05, 4.69) is 53.1 Å². The van der Waals surface area contributed by atoms with Crippen LogP contribution in [0, 0.1) is 11.3 Å². The van der Waals surface area contributed by atoms with E-state index in [1.54, 1.807) is 0 Å². The van der Waals surface area contributed by atoms with E-state index in [9.17, 15) is 0 Å². The van der Waals surface area contributed by atoms with Crippen molar-refractivity contribution in [3.8, 4) is 0 Å². The van der Waals surface area contributed by atoms with Crippen molar-refractivity contribution in [3.05, 3.63) is 0 Å². The van der Waals surface area contributed by atoms with Crippen LogP contribution in [0.1, 0.15) is 53.4 Å². The summed E-state index contributed by atoms with van der Waals surface area (Å²) in [5.74, 6) is 1.48. The van der Waals surface area contributed by atoms with Gasteiger partial charge in [0.15, 0.2) is 5.96 Å². The predicted octanol–water partition coefficient (Wildman–Crippen LogP) is 3.03. The van der Waals surface area contributed by atoms with E-state index in [-0.39, 0.29) is 29.4 Å². The summed E-state index contributed by atoms with van der Waals surface area (Å²) in [6.45, 7) is 19.2. The highest BCUT2D eigenvalue weighted by Gasteiger charge is 2.35. The van der Waals surface area contributed by atoms with Crippen molar-refractivity contribution in [1.82, 2.24) is 20.4 Å². The molecule has 2 heterocycles. The van der Waals surface area contributed by atoms with Crippen LogP contribution in [0.5, 0.6) is 0 Å². The normalized spacial score (nSPS) is 24.8. The lowest BCUT2D eigenvalue weighted by molar-refractivity contribution is -0.0835. The number of likely N-dealkylation sites (N-methyl/N-ethyl adjacent to an activating group) is 1. The lowest BCUT2D eigenvalue weighted by Gasteiger charge is -2.40. The molecule has 2 aliphatic rings. The largest absolute Gasteiger partial charge is 0.377 e. The molecular formula is C22H46IN5O. The van der Waals surface area contributed by atoms with Crippen molar-refractivity contribution in [2.75, 3.05) is 66.0 Å². The molecule has 172 valence electrons. The maximum Gasteiger partial charge on any atom is 0.190 e. The highest BCUT2D eigenvalue weighted by molar-refractivity contribution is 14.0. The van der Waals surface area contributed by atoms with E-state index in [0.29, 0.717) is 12.0 Å². The van der Waals surface area contributed by atoms with Gasteiger partial charge in [0.2, 0.25) is 0 Å². The molecule has 2 N–H and O–H groups in total. The Bertz CT molecular complexity index is 461. The molecule has 2 unspecified atom stereocenters. The Labute approximate surface area is 196 Å². The third-order valence-electron chi connectivity index (χ3n) is 6.16. The number of hydrogen-bond acceptors (Lipinski definition) is 4. The highest BCUT2D eigenvalue weighted by atomic mass is 127. The second-order valence-corrected chi connectivity index (χ2v) is 9.42. The van der Waals surface area contributed by atoms with Crippen LogP contribution in [0.15, 0.2) is 4.99 Å². The molecule has 0 aromatic heterocycles. The average Bonchev–Trinajstić information content (AvgIpc) is 2.70. The van der Waals surface area contributed by atoms with Gasteiger partial charge in [-0.1, -0.05) is 27.7 Å². The van der Waals surface area contributed by atoms with Gasteiger partial charge >= 0.3 is 0 Å². The van der Waals surface area contributed by atoms with E-state index in [4.69, 9.17) is 4.74 Å². The van der Waals surface area contributed by atoms with E-state index in [0.717, 1.165) is 32.1 Å². The minimum atomic E-state index is 0. The Morgan fingerprint density at radius 2 is 1.76 bits per heavy atom. The lowest BCUT2D eigenvalue weighted by atomic mass is 9.78. The number of nitrogens with zero attached hydrogens (tertiary/aromatic N) is 3. The number of rotatable bonds is 8. The van der Waals surface area contributed by atoms with E-state index in [1.807, 2.05) is 7.05 Å². The fraction of sp³-hybridized carbons (Fsp3) is 0.955. The van der Waals surface area contributed by atoms with Gasteiger partial charge in [0, 0.05) is 58.8 Å². The van der Waals surface area contributed by atoms with Crippen LogP contribution in [0.25, 0.3) is 0 Å².